The Morgan fingerprint density at radius 2 is 1.92 bits per heavy atom. The third-order valence-corrected chi connectivity index (χ3v) is 7.91. The molecule has 1 atom stereocenters. The Kier molecular flexibility index (Phi) is 6.72. The van der Waals surface area contributed by atoms with Gasteiger partial charge in [-0.3, -0.25) is 14.2 Å². The number of benzene rings is 2. The second-order valence-electron chi connectivity index (χ2n) is 9.27. The lowest BCUT2D eigenvalue weighted by molar-refractivity contribution is -0.0573. The van der Waals surface area contributed by atoms with E-state index in [-0.39, 0.29) is 22.7 Å². The van der Waals surface area contributed by atoms with Crippen molar-refractivity contribution in [1.82, 2.24) is 14.5 Å². The van der Waals surface area contributed by atoms with Crippen molar-refractivity contribution in [2.75, 3.05) is 5.75 Å². The quantitative estimate of drug-likeness (QED) is 0.178. The Hall–Kier alpha value is -3.00. The van der Waals surface area contributed by atoms with Crippen molar-refractivity contribution in [3.63, 3.8) is 0 Å². The Morgan fingerprint density at radius 3 is 2.64 bits per heavy atom. The molecule has 0 unspecified atom stereocenters. The number of hydrogen-bond acceptors (Lipinski definition) is 6. The first kappa shape index (κ1) is 24.7. The SMILES string of the molecule is CC[C@]1(C)Cc2nc3nc(SCC(=O)c4ccc(Cl)cc4)n(-c4ccccc4C)c(=O)c3cc2CO1. The molecule has 0 amide bonds. The molecule has 0 N–H and O–H groups in total. The summed E-state index contributed by atoms with van der Waals surface area (Å²) in [5, 5.41) is 1.44. The van der Waals surface area contributed by atoms with E-state index in [0.717, 1.165) is 28.9 Å². The van der Waals surface area contributed by atoms with Gasteiger partial charge in [0.25, 0.3) is 5.56 Å². The van der Waals surface area contributed by atoms with Crippen molar-refractivity contribution in [2.24, 2.45) is 0 Å². The minimum absolute atomic E-state index is 0.0726. The first-order valence-corrected chi connectivity index (χ1v) is 13.2. The second kappa shape index (κ2) is 9.81. The Balaban J connectivity index is 1.61. The number of Topliss-reactive ketones (excluding diaryl/α,β-unsaturated/α-hetero) is 1. The van der Waals surface area contributed by atoms with Gasteiger partial charge in [0.15, 0.2) is 16.6 Å². The fourth-order valence-corrected chi connectivity index (χ4v) is 5.32. The summed E-state index contributed by atoms with van der Waals surface area (Å²) in [5.74, 6) is 0.0506. The first-order chi connectivity index (χ1) is 17.3. The number of aromatic nitrogens is 3. The minimum atomic E-state index is -0.285. The first-order valence-electron chi connectivity index (χ1n) is 11.8. The maximum absolute atomic E-state index is 13.9. The van der Waals surface area contributed by atoms with Crippen molar-refractivity contribution >= 4 is 40.2 Å². The molecule has 5 rings (SSSR count). The smallest absolute Gasteiger partial charge is 0.268 e. The van der Waals surface area contributed by atoms with E-state index in [0.29, 0.717) is 39.8 Å². The molecule has 8 heteroatoms. The highest BCUT2D eigenvalue weighted by Crippen LogP contribution is 2.31. The molecule has 4 aromatic rings. The van der Waals surface area contributed by atoms with Gasteiger partial charge < -0.3 is 4.74 Å². The summed E-state index contributed by atoms with van der Waals surface area (Å²) in [7, 11) is 0. The monoisotopic (exact) mass is 519 g/mol. The van der Waals surface area contributed by atoms with Gasteiger partial charge in [-0.1, -0.05) is 48.5 Å². The number of aryl methyl sites for hydroxylation is 1. The van der Waals surface area contributed by atoms with Crippen LogP contribution in [0.5, 0.6) is 0 Å². The third-order valence-electron chi connectivity index (χ3n) is 6.72. The average Bonchev–Trinajstić information content (AvgIpc) is 2.87. The van der Waals surface area contributed by atoms with Gasteiger partial charge in [-0.05, 0) is 62.2 Å². The van der Waals surface area contributed by atoms with Crippen molar-refractivity contribution in [3.05, 3.63) is 92.4 Å². The highest BCUT2D eigenvalue weighted by molar-refractivity contribution is 7.99. The lowest BCUT2D eigenvalue weighted by Crippen LogP contribution is -2.35. The highest BCUT2D eigenvalue weighted by Gasteiger charge is 2.31. The summed E-state index contributed by atoms with van der Waals surface area (Å²) in [5.41, 5.74) is 3.94. The number of fused-ring (bicyclic) bond motifs is 2. The molecular formula is C28H26ClN3O3S. The molecule has 0 radical (unpaired) electrons. The van der Waals surface area contributed by atoms with Crippen LogP contribution < -0.4 is 5.56 Å². The largest absolute Gasteiger partial charge is 0.370 e. The molecule has 2 aromatic carbocycles. The number of ketones is 1. The maximum atomic E-state index is 13.9. The molecule has 1 aliphatic rings. The van der Waals surface area contributed by atoms with Crippen LogP contribution in [-0.2, 0) is 17.8 Å². The summed E-state index contributed by atoms with van der Waals surface area (Å²) in [4.78, 5) is 36.4. The topological polar surface area (TPSA) is 74.1 Å². The zero-order valence-corrected chi connectivity index (χ0v) is 21.9. The summed E-state index contributed by atoms with van der Waals surface area (Å²) in [6, 6.07) is 16.3. The molecule has 0 aliphatic carbocycles. The van der Waals surface area contributed by atoms with Gasteiger partial charge in [0, 0.05) is 22.6 Å². The Bertz CT molecular complexity index is 1530. The molecule has 1 aliphatic heterocycles. The minimum Gasteiger partial charge on any atom is -0.370 e. The fraction of sp³-hybridized carbons (Fsp3) is 0.286. The van der Waals surface area contributed by atoms with Crippen LogP contribution in [0.15, 0.2) is 64.5 Å². The van der Waals surface area contributed by atoms with Crippen LogP contribution >= 0.6 is 23.4 Å². The fourth-order valence-electron chi connectivity index (χ4n) is 4.31. The van der Waals surface area contributed by atoms with Crippen molar-refractivity contribution in [2.45, 2.75) is 51.0 Å². The maximum Gasteiger partial charge on any atom is 0.268 e. The molecular weight excluding hydrogens is 494 g/mol. The standard InChI is InChI=1S/C28H26ClN3O3S/c1-4-28(3)14-22-19(15-35-28)13-21-25(30-22)31-27(32(26(21)34)23-8-6-5-7-17(23)2)36-16-24(33)18-9-11-20(29)12-10-18/h5-13H,4,14-16H2,1-3H3/t28-/m1/s1. The molecule has 0 bridgehead atoms. The van der Waals surface area contributed by atoms with Crippen molar-refractivity contribution < 1.29 is 9.53 Å². The van der Waals surface area contributed by atoms with Crippen LogP contribution in [-0.4, -0.2) is 31.7 Å². The molecule has 0 spiro atoms. The van der Waals surface area contributed by atoms with Gasteiger partial charge in [0.2, 0.25) is 0 Å². The van der Waals surface area contributed by atoms with E-state index in [4.69, 9.17) is 26.3 Å². The lowest BCUT2D eigenvalue weighted by Gasteiger charge is -2.33. The molecule has 0 saturated heterocycles. The van der Waals surface area contributed by atoms with E-state index in [1.165, 1.54) is 11.8 Å². The van der Waals surface area contributed by atoms with Gasteiger partial charge in [-0.15, -0.1) is 0 Å². The molecule has 6 nitrogen and oxygen atoms in total. The van der Waals surface area contributed by atoms with Crippen LogP contribution in [0.2, 0.25) is 5.02 Å². The lowest BCUT2D eigenvalue weighted by atomic mass is 9.91. The number of rotatable bonds is 6. The van der Waals surface area contributed by atoms with Gasteiger partial charge in [0.1, 0.15) is 0 Å². The van der Waals surface area contributed by atoms with Gasteiger partial charge in [0.05, 0.1) is 34.7 Å². The zero-order valence-electron chi connectivity index (χ0n) is 20.4. The number of hydrogen-bond donors (Lipinski definition) is 0. The molecule has 3 heterocycles. The number of carbonyl (C=O) groups excluding carboxylic acids is 1. The second-order valence-corrected chi connectivity index (χ2v) is 10.7. The predicted octanol–water partition coefficient (Wildman–Crippen LogP) is 5.96. The van der Waals surface area contributed by atoms with Crippen LogP contribution in [0.3, 0.4) is 0 Å². The normalized spacial score (nSPS) is 17.2. The average molecular weight is 520 g/mol. The van der Waals surface area contributed by atoms with E-state index in [1.54, 1.807) is 28.8 Å². The van der Waals surface area contributed by atoms with Crippen LogP contribution in [0.4, 0.5) is 0 Å². The third kappa shape index (κ3) is 4.71. The number of ether oxygens (including phenoxy) is 1. The molecule has 36 heavy (non-hydrogen) atoms. The van der Waals surface area contributed by atoms with Gasteiger partial charge >= 0.3 is 0 Å². The number of carbonyl (C=O) groups is 1. The summed E-state index contributed by atoms with van der Waals surface area (Å²) >= 11 is 7.20. The van der Waals surface area contributed by atoms with Crippen LogP contribution in [0.1, 0.15) is 47.4 Å². The number of pyridine rings is 1. The molecule has 2 aromatic heterocycles. The summed E-state index contributed by atoms with van der Waals surface area (Å²) < 4.78 is 7.67. The van der Waals surface area contributed by atoms with E-state index >= 15 is 0 Å². The van der Waals surface area contributed by atoms with Gasteiger partial charge in [-0.25, -0.2) is 9.97 Å². The summed E-state index contributed by atoms with van der Waals surface area (Å²) in [6.45, 7) is 6.54. The number of thioether (sulfide) groups is 1. The molecule has 0 saturated carbocycles. The predicted molar refractivity (Wildman–Crippen MR) is 144 cm³/mol. The van der Waals surface area contributed by atoms with Crippen LogP contribution in [0, 0.1) is 6.92 Å². The summed E-state index contributed by atoms with van der Waals surface area (Å²) in [6.07, 6.45) is 1.53. The molecule has 184 valence electrons. The Morgan fingerprint density at radius 1 is 1.17 bits per heavy atom. The van der Waals surface area contributed by atoms with E-state index < -0.39 is 0 Å². The number of halogens is 1. The molecule has 0 fully saturated rings. The Labute approximate surface area is 218 Å². The number of para-hydroxylation sites is 1. The van der Waals surface area contributed by atoms with E-state index in [9.17, 15) is 9.59 Å². The van der Waals surface area contributed by atoms with E-state index in [1.807, 2.05) is 37.3 Å². The van der Waals surface area contributed by atoms with Crippen LogP contribution in [0.25, 0.3) is 16.7 Å². The zero-order chi connectivity index (χ0) is 25.4. The highest BCUT2D eigenvalue weighted by atomic mass is 35.5. The van der Waals surface area contributed by atoms with Crippen molar-refractivity contribution in [3.8, 4) is 5.69 Å². The number of nitrogens with zero attached hydrogens (tertiary/aromatic N) is 3. The van der Waals surface area contributed by atoms with Gasteiger partial charge in [-0.2, -0.15) is 0 Å². The van der Waals surface area contributed by atoms with Crippen molar-refractivity contribution in [1.29, 1.82) is 0 Å². The van der Waals surface area contributed by atoms with E-state index in [2.05, 4.69) is 13.8 Å².